The maximum atomic E-state index is 15.5. The molecule has 40 heavy (non-hydrogen) atoms. The maximum absolute atomic E-state index is 15.5. The topological polar surface area (TPSA) is 80.0 Å². The van der Waals surface area contributed by atoms with E-state index in [1.165, 1.54) is 6.07 Å². The number of benzene rings is 1. The van der Waals surface area contributed by atoms with Crippen LogP contribution in [-0.2, 0) is 14.9 Å². The summed E-state index contributed by atoms with van der Waals surface area (Å²) in [6.07, 6.45) is 7.02. The summed E-state index contributed by atoms with van der Waals surface area (Å²) in [6.45, 7) is 8.41. The third-order valence-corrected chi connectivity index (χ3v) is 8.98. The predicted octanol–water partition coefficient (Wildman–Crippen LogP) is 5.38. The number of amides is 1. The van der Waals surface area contributed by atoms with Gasteiger partial charge >= 0.3 is 5.97 Å². The van der Waals surface area contributed by atoms with Crippen molar-refractivity contribution >= 4 is 23.2 Å². The van der Waals surface area contributed by atoms with Crippen molar-refractivity contribution in [2.75, 3.05) is 31.1 Å². The number of nitrogens with zero attached hydrogens (tertiary/aromatic N) is 5. The summed E-state index contributed by atoms with van der Waals surface area (Å²) >= 11 is 0. The second-order valence-corrected chi connectivity index (χ2v) is 11.9. The number of anilines is 1. The standard InChI is InChI=1S/C31H38FN5O3/c1-4-40-30(39)21-11-15-35(19-21)22-9-10-23(24(32)16-22)25-18-28-33-26(17-27(37(28)34-25)31(3)12-13-31)29(38)36-14-7-5-6-8-20(36)2/h9-10,16-18,20-21H,4-8,11-15,19H2,1-3H3/t20-,21+/m1/s1. The van der Waals surface area contributed by atoms with E-state index in [-0.39, 0.29) is 35.1 Å². The number of fused-ring (bicyclic) bond motifs is 1. The monoisotopic (exact) mass is 547 g/mol. The molecule has 4 heterocycles. The first-order valence-electron chi connectivity index (χ1n) is 14.7. The smallest absolute Gasteiger partial charge is 0.310 e. The van der Waals surface area contributed by atoms with Crippen LogP contribution in [0.1, 0.15) is 81.9 Å². The van der Waals surface area contributed by atoms with Crippen molar-refractivity contribution in [3.8, 4) is 11.3 Å². The first kappa shape index (κ1) is 26.7. The van der Waals surface area contributed by atoms with E-state index in [2.05, 4.69) is 13.8 Å². The van der Waals surface area contributed by atoms with E-state index in [1.54, 1.807) is 23.6 Å². The Morgan fingerprint density at radius 3 is 2.67 bits per heavy atom. The lowest BCUT2D eigenvalue weighted by Gasteiger charge is -2.27. The number of carbonyl (C=O) groups is 2. The highest BCUT2D eigenvalue weighted by Gasteiger charge is 2.42. The summed E-state index contributed by atoms with van der Waals surface area (Å²) in [7, 11) is 0. The lowest BCUT2D eigenvalue weighted by molar-refractivity contribution is -0.147. The Kier molecular flexibility index (Phi) is 7.00. The minimum absolute atomic E-state index is 0.0348. The number of carbonyl (C=O) groups excluding carboxylic acids is 2. The molecule has 1 aliphatic carbocycles. The van der Waals surface area contributed by atoms with Crippen molar-refractivity contribution in [2.45, 2.75) is 77.2 Å². The Bertz CT molecular complexity index is 1450. The fourth-order valence-corrected chi connectivity index (χ4v) is 6.17. The van der Waals surface area contributed by atoms with E-state index in [0.29, 0.717) is 48.7 Å². The van der Waals surface area contributed by atoms with Gasteiger partial charge in [-0.15, -0.1) is 0 Å². The molecule has 0 bridgehead atoms. The van der Waals surface area contributed by atoms with Crippen molar-refractivity contribution in [3.05, 3.63) is 47.5 Å². The molecule has 6 rings (SSSR count). The number of likely N-dealkylation sites (tertiary alicyclic amines) is 1. The Balaban J connectivity index is 1.31. The molecule has 8 nitrogen and oxygen atoms in total. The Morgan fingerprint density at radius 2 is 1.93 bits per heavy atom. The first-order valence-corrected chi connectivity index (χ1v) is 14.7. The molecule has 9 heteroatoms. The van der Waals surface area contributed by atoms with Crippen LogP contribution >= 0.6 is 0 Å². The van der Waals surface area contributed by atoms with Crippen molar-refractivity contribution in [2.24, 2.45) is 5.92 Å². The number of ether oxygens (including phenoxy) is 1. The predicted molar refractivity (Wildman–Crippen MR) is 151 cm³/mol. The molecule has 212 valence electrons. The van der Waals surface area contributed by atoms with Crippen molar-refractivity contribution < 1.29 is 18.7 Å². The highest BCUT2D eigenvalue weighted by atomic mass is 19.1. The van der Waals surface area contributed by atoms with E-state index < -0.39 is 0 Å². The average Bonchev–Trinajstić information content (AvgIpc) is 3.36. The zero-order valence-corrected chi connectivity index (χ0v) is 23.7. The van der Waals surface area contributed by atoms with Gasteiger partial charge < -0.3 is 14.5 Å². The van der Waals surface area contributed by atoms with Crippen LogP contribution in [0.25, 0.3) is 16.9 Å². The van der Waals surface area contributed by atoms with Gasteiger partial charge in [0.1, 0.15) is 11.5 Å². The third-order valence-electron chi connectivity index (χ3n) is 8.98. The summed E-state index contributed by atoms with van der Waals surface area (Å²) in [5, 5.41) is 4.79. The lowest BCUT2D eigenvalue weighted by atomic mass is 10.0. The van der Waals surface area contributed by atoms with Crippen LogP contribution in [0.3, 0.4) is 0 Å². The molecule has 2 saturated heterocycles. The van der Waals surface area contributed by atoms with Crippen LogP contribution in [-0.4, -0.2) is 63.7 Å². The molecule has 0 spiro atoms. The van der Waals surface area contributed by atoms with Crippen LogP contribution < -0.4 is 4.90 Å². The minimum Gasteiger partial charge on any atom is -0.466 e. The fraction of sp³-hybridized carbons (Fsp3) is 0.548. The zero-order chi connectivity index (χ0) is 28.0. The van der Waals surface area contributed by atoms with E-state index in [0.717, 1.165) is 56.5 Å². The number of hydrogen-bond acceptors (Lipinski definition) is 6. The Labute approximate surface area is 234 Å². The van der Waals surface area contributed by atoms with E-state index in [9.17, 15) is 9.59 Å². The summed E-state index contributed by atoms with van der Waals surface area (Å²) in [6, 6.07) is 9.00. The van der Waals surface area contributed by atoms with Gasteiger partial charge in [-0.1, -0.05) is 19.8 Å². The van der Waals surface area contributed by atoms with Gasteiger partial charge in [-0.3, -0.25) is 9.59 Å². The largest absolute Gasteiger partial charge is 0.466 e. The van der Waals surface area contributed by atoms with Gasteiger partial charge in [0.05, 0.1) is 23.9 Å². The highest BCUT2D eigenvalue weighted by Crippen LogP contribution is 2.47. The highest BCUT2D eigenvalue weighted by molar-refractivity contribution is 5.93. The molecule has 3 fully saturated rings. The molecule has 1 saturated carbocycles. The van der Waals surface area contributed by atoms with Gasteiger partial charge in [-0.05, 0) is 70.2 Å². The van der Waals surface area contributed by atoms with Crippen molar-refractivity contribution in [1.82, 2.24) is 19.5 Å². The molecule has 3 aromatic rings. The minimum atomic E-state index is -0.380. The maximum Gasteiger partial charge on any atom is 0.310 e. The molecule has 2 atom stereocenters. The molecule has 3 aliphatic rings. The van der Waals surface area contributed by atoms with Crippen LogP contribution in [0.4, 0.5) is 10.1 Å². The van der Waals surface area contributed by atoms with E-state index in [1.807, 2.05) is 21.9 Å². The molecule has 0 radical (unpaired) electrons. The summed E-state index contributed by atoms with van der Waals surface area (Å²) in [5.41, 5.74) is 3.49. The number of halogens is 1. The van der Waals surface area contributed by atoms with Crippen LogP contribution in [0.5, 0.6) is 0 Å². The van der Waals surface area contributed by atoms with Gasteiger partial charge in [0, 0.05) is 48.4 Å². The lowest BCUT2D eigenvalue weighted by Crippen LogP contribution is -2.39. The van der Waals surface area contributed by atoms with Crippen LogP contribution in [0.15, 0.2) is 30.3 Å². The van der Waals surface area contributed by atoms with Crippen LogP contribution in [0, 0.1) is 11.7 Å². The van der Waals surface area contributed by atoms with E-state index >= 15 is 4.39 Å². The zero-order valence-electron chi connectivity index (χ0n) is 23.7. The van der Waals surface area contributed by atoms with Gasteiger partial charge in [0.15, 0.2) is 5.65 Å². The van der Waals surface area contributed by atoms with Crippen molar-refractivity contribution in [3.63, 3.8) is 0 Å². The molecule has 1 amide bonds. The molecule has 1 aromatic carbocycles. The quantitative estimate of drug-likeness (QED) is 0.386. The number of rotatable bonds is 6. The third kappa shape index (κ3) is 4.95. The fourth-order valence-electron chi connectivity index (χ4n) is 6.17. The second-order valence-electron chi connectivity index (χ2n) is 11.9. The number of aromatic nitrogens is 3. The van der Waals surface area contributed by atoms with Crippen molar-refractivity contribution in [1.29, 1.82) is 0 Å². The molecule has 0 unspecified atom stereocenters. The number of esters is 1. The SMILES string of the molecule is CCOC(=O)[C@H]1CCN(c2ccc(-c3cc4nc(C(=O)N5CCCCC[C@H]5C)cc(C5(C)CC5)n4n3)c(F)c2)C1. The van der Waals surface area contributed by atoms with E-state index in [4.69, 9.17) is 14.8 Å². The van der Waals surface area contributed by atoms with Crippen LogP contribution in [0.2, 0.25) is 0 Å². The van der Waals surface area contributed by atoms with Gasteiger partial charge in [-0.25, -0.2) is 13.9 Å². The Hall–Kier alpha value is -3.49. The number of hydrogen-bond donors (Lipinski definition) is 0. The molecular formula is C31H38FN5O3. The Morgan fingerprint density at radius 1 is 1.10 bits per heavy atom. The van der Waals surface area contributed by atoms with Gasteiger partial charge in [0.25, 0.3) is 5.91 Å². The average molecular weight is 548 g/mol. The summed E-state index contributed by atoms with van der Waals surface area (Å²) in [4.78, 5) is 34.5. The van der Waals surface area contributed by atoms with Gasteiger partial charge in [-0.2, -0.15) is 5.10 Å². The second kappa shape index (κ2) is 10.5. The normalized spacial score (nSPS) is 22.4. The molecular weight excluding hydrogens is 509 g/mol. The molecule has 2 aliphatic heterocycles. The first-order chi connectivity index (χ1) is 19.3. The summed E-state index contributed by atoms with van der Waals surface area (Å²) < 4.78 is 22.5. The van der Waals surface area contributed by atoms with Gasteiger partial charge in [0.2, 0.25) is 0 Å². The molecule has 0 N–H and O–H groups in total. The summed E-state index contributed by atoms with van der Waals surface area (Å²) in [5.74, 6) is -0.798. The molecule has 2 aromatic heterocycles.